The number of aliphatic hydroxyl groups excluding tert-OH is 3. The van der Waals surface area contributed by atoms with Gasteiger partial charge in [0.2, 0.25) is 29.5 Å². The first kappa shape index (κ1) is 44.0. The molecular weight excluding hydrogens is 706 g/mol. The molecule has 22 nitrogen and oxygen atoms in total. The van der Waals surface area contributed by atoms with Gasteiger partial charge in [-0.1, -0.05) is 6.07 Å². The second kappa shape index (κ2) is 22.1. The monoisotopic (exact) mass is 755 g/mol. The van der Waals surface area contributed by atoms with E-state index >= 15 is 0 Å². The fourth-order valence-corrected chi connectivity index (χ4v) is 5.00. The van der Waals surface area contributed by atoms with Crippen LogP contribution in [0.4, 0.5) is 0 Å². The van der Waals surface area contributed by atoms with Crippen LogP contribution in [0.25, 0.3) is 0 Å². The zero-order chi connectivity index (χ0) is 39.7. The average Bonchev–Trinajstić information content (AvgIpc) is 3.14. The molecule has 296 valence electrons. The molecule has 22 heteroatoms. The highest BCUT2D eigenvalue weighted by Gasteiger charge is 2.32. The predicted octanol–water partition coefficient (Wildman–Crippen LogP) is -5.91. The Hall–Kier alpha value is -5.13. The van der Waals surface area contributed by atoms with Crippen LogP contribution in [0.5, 0.6) is 11.5 Å². The first-order valence-corrected chi connectivity index (χ1v) is 16.8. The van der Waals surface area contributed by atoms with Gasteiger partial charge >= 0.3 is 0 Å². The molecule has 6 atom stereocenters. The summed E-state index contributed by atoms with van der Waals surface area (Å²) in [5.74, 6) is -7.63. The number of rotatable bonds is 21. The topological polar surface area (TPSA) is 368 Å². The largest absolute Gasteiger partial charge is 0.504 e. The van der Waals surface area contributed by atoms with E-state index in [1.807, 2.05) is 0 Å². The molecule has 0 unspecified atom stereocenters. The van der Waals surface area contributed by atoms with Crippen molar-refractivity contribution >= 4 is 41.4 Å². The SMILES string of the molecule is NCCC[C@H](NC(=O)[C@@H](CO)NC(=O)c1cccc(O)c1O)C(=O)N[C@H](CO)C(=O)N[C@@H](CO)C(=O)NCCC[C@H](N)C(=O)N[C@H]1CCCN(O)C1=O. The van der Waals surface area contributed by atoms with Crippen LogP contribution < -0.4 is 43.4 Å². The number of phenolic OH excluding ortho intramolecular Hbond substituents is 2. The maximum atomic E-state index is 13.1. The molecule has 0 bridgehead atoms. The normalized spacial score (nSPS) is 17.0. The maximum Gasteiger partial charge on any atom is 0.268 e. The number of nitrogens with one attached hydrogen (secondary N) is 6. The number of para-hydroxylation sites is 1. The molecular formula is C31H49N9O13. The van der Waals surface area contributed by atoms with Crippen LogP contribution in [0.1, 0.15) is 48.9 Å². The van der Waals surface area contributed by atoms with Crippen molar-refractivity contribution in [2.24, 2.45) is 11.5 Å². The van der Waals surface area contributed by atoms with Crippen molar-refractivity contribution in [2.45, 2.75) is 74.8 Å². The summed E-state index contributed by atoms with van der Waals surface area (Å²) in [6.45, 7) is -2.59. The maximum absolute atomic E-state index is 13.1. The lowest BCUT2D eigenvalue weighted by molar-refractivity contribution is -0.173. The standard InChI is InChI=1S/C31H49N9O13/c32-10-2-7-18(35-29(50)21(14-42)37-25(46)16-5-1-9-23(44)24(16)45)28(49)39-22(15-43)30(51)38-20(13-41)27(48)34-11-3-6-17(33)26(47)36-19-8-4-12-40(53)31(19)52/h1,5,9,17-22,41-45,53H,2-4,6-8,10-15,32-33H2,(H,34,48)(H,35,50)(H,36,47)(H,37,46)(H,38,51)(H,39,49)/t17-,18-,19-,20-,21+,22+/m0/s1. The number of aliphatic hydroxyl groups is 3. The van der Waals surface area contributed by atoms with Gasteiger partial charge in [0, 0.05) is 13.1 Å². The molecule has 2 rings (SSSR count). The number of hydrogen-bond acceptors (Lipinski definition) is 15. The number of phenols is 2. The van der Waals surface area contributed by atoms with Gasteiger partial charge in [-0.15, -0.1) is 0 Å². The molecule has 7 amide bonds. The van der Waals surface area contributed by atoms with E-state index in [-0.39, 0.29) is 45.3 Å². The van der Waals surface area contributed by atoms with E-state index < -0.39 is 114 Å². The molecule has 1 aromatic rings. The molecule has 1 aromatic carbocycles. The van der Waals surface area contributed by atoms with Crippen molar-refractivity contribution < 1.29 is 64.3 Å². The molecule has 0 aliphatic carbocycles. The molecule has 0 aromatic heterocycles. The number of amides is 7. The van der Waals surface area contributed by atoms with Gasteiger partial charge in [-0.05, 0) is 57.2 Å². The summed E-state index contributed by atoms with van der Waals surface area (Å²) in [4.78, 5) is 88.5. The van der Waals surface area contributed by atoms with E-state index in [0.29, 0.717) is 17.9 Å². The fourth-order valence-electron chi connectivity index (χ4n) is 5.00. The van der Waals surface area contributed by atoms with Crippen molar-refractivity contribution in [3.8, 4) is 11.5 Å². The van der Waals surface area contributed by atoms with Gasteiger partial charge in [0.05, 0.1) is 31.4 Å². The summed E-state index contributed by atoms with van der Waals surface area (Å²) in [6, 6.07) is -4.66. The number of carbonyl (C=O) groups is 7. The fraction of sp³-hybridized carbons (Fsp3) is 0.581. The molecule has 1 aliphatic rings. The van der Waals surface area contributed by atoms with Crippen LogP contribution >= 0.6 is 0 Å². The number of nitrogens with two attached hydrogens (primary N) is 2. The van der Waals surface area contributed by atoms with E-state index in [0.717, 1.165) is 12.1 Å². The molecule has 0 spiro atoms. The summed E-state index contributed by atoms with van der Waals surface area (Å²) < 4.78 is 0. The number of hydrogen-bond donors (Lipinski definition) is 14. The van der Waals surface area contributed by atoms with E-state index in [1.165, 1.54) is 6.07 Å². The molecule has 1 saturated heterocycles. The Labute approximate surface area is 303 Å². The zero-order valence-corrected chi connectivity index (χ0v) is 28.8. The zero-order valence-electron chi connectivity index (χ0n) is 28.8. The van der Waals surface area contributed by atoms with E-state index in [1.54, 1.807) is 0 Å². The Kier molecular flexibility index (Phi) is 18.3. The van der Waals surface area contributed by atoms with Crippen LogP contribution in [0.15, 0.2) is 18.2 Å². The minimum Gasteiger partial charge on any atom is -0.504 e. The quantitative estimate of drug-likeness (QED) is 0.0316. The number of nitrogens with zero attached hydrogens (tertiary/aromatic N) is 1. The van der Waals surface area contributed by atoms with E-state index in [9.17, 15) is 64.3 Å². The lowest BCUT2D eigenvalue weighted by Crippen LogP contribution is -2.60. The van der Waals surface area contributed by atoms with Crippen LogP contribution in [-0.4, -0.2) is 153 Å². The minimum absolute atomic E-state index is 0.0358. The van der Waals surface area contributed by atoms with Crippen molar-refractivity contribution in [3.63, 3.8) is 0 Å². The van der Waals surface area contributed by atoms with E-state index in [4.69, 9.17) is 11.5 Å². The minimum atomic E-state index is -1.67. The number of hydroxylamine groups is 2. The molecule has 0 radical (unpaired) electrons. The van der Waals surface area contributed by atoms with Gasteiger partial charge in [-0.3, -0.25) is 38.8 Å². The third-order valence-corrected chi connectivity index (χ3v) is 8.08. The highest BCUT2D eigenvalue weighted by Crippen LogP contribution is 2.28. The third kappa shape index (κ3) is 13.4. The number of benzene rings is 1. The third-order valence-electron chi connectivity index (χ3n) is 8.08. The van der Waals surface area contributed by atoms with Crippen molar-refractivity contribution in [1.82, 2.24) is 37.0 Å². The van der Waals surface area contributed by atoms with Crippen LogP contribution in [0, 0.1) is 0 Å². The van der Waals surface area contributed by atoms with Crippen LogP contribution in [0.3, 0.4) is 0 Å². The van der Waals surface area contributed by atoms with Crippen LogP contribution in [0.2, 0.25) is 0 Å². The smallest absolute Gasteiger partial charge is 0.268 e. The number of carbonyl (C=O) groups excluding carboxylic acids is 7. The molecule has 53 heavy (non-hydrogen) atoms. The Bertz CT molecular complexity index is 1450. The second-order valence-corrected chi connectivity index (χ2v) is 12.1. The van der Waals surface area contributed by atoms with Crippen molar-refractivity contribution in [2.75, 3.05) is 39.5 Å². The highest BCUT2D eigenvalue weighted by atomic mass is 16.5. The van der Waals surface area contributed by atoms with Crippen LogP contribution in [-0.2, 0) is 28.8 Å². The van der Waals surface area contributed by atoms with Gasteiger partial charge in [-0.25, -0.2) is 5.06 Å². The highest BCUT2D eigenvalue weighted by molar-refractivity contribution is 6.01. The molecule has 0 saturated carbocycles. The average molecular weight is 756 g/mol. The summed E-state index contributed by atoms with van der Waals surface area (Å²) in [7, 11) is 0. The first-order valence-electron chi connectivity index (χ1n) is 16.8. The lowest BCUT2D eigenvalue weighted by Gasteiger charge is -2.28. The Morgan fingerprint density at radius 2 is 1.36 bits per heavy atom. The predicted molar refractivity (Wildman–Crippen MR) is 181 cm³/mol. The van der Waals surface area contributed by atoms with Gasteiger partial charge in [0.15, 0.2) is 11.5 Å². The van der Waals surface area contributed by atoms with Gasteiger partial charge in [-0.2, -0.15) is 0 Å². The molecule has 16 N–H and O–H groups in total. The first-order chi connectivity index (χ1) is 25.2. The van der Waals surface area contributed by atoms with Gasteiger partial charge in [0.1, 0.15) is 30.2 Å². The Morgan fingerprint density at radius 1 is 0.792 bits per heavy atom. The summed E-state index contributed by atoms with van der Waals surface area (Å²) >= 11 is 0. The van der Waals surface area contributed by atoms with E-state index in [2.05, 4.69) is 31.9 Å². The van der Waals surface area contributed by atoms with Gasteiger partial charge in [0.25, 0.3) is 11.8 Å². The number of piperidine rings is 1. The molecule has 1 heterocycles. The summed E-state index contributed by atoms with van der Waals surface area (Å²) in [5, 5.41) is 72.8. The lowest BCUT2D eigenvalue weighted by atomic mass is 10.0. The Balaban J connectivity index is 1.92. The van der Waals surface area contributed by atoms with Crippen molar-refractivity contribution in [3.05, 3.63) is 23.8 Å². The molecule has 1 fully saturated rings. The Morgan fingerprint density at radius 3 is 1.96 bits per heavy atom. The summed E-state index contributed by atoms with van der Waals surface area (Å²) in [6.07, 6.45) is 1.20. The number of aromatic hydroxyl groups is 2. The van der Waals surface area contributed by atoms with Gasteiger partial charge < -0.3 is 68.9 Å². The second-order valence-electron chi connectivity index (χ2n) is 12.1. The summed E-state index contributed by atoms with van der Waals surface area (Å²) in [5.41, 5.74) is 11.0. The molecule has 1 aliphatic heterocycles. The van der Waals surface area contributed by atoms with Crippen molar-refractivity contribution in [1.29, 1.82) is 0 Å².